The Balaban J connectivity index is 1.51. The number of halogens is 1. The first-order valence-electron chi connectivity index (χ1n) is 10.9. The summed E-state index contributed by atoms with van der Waals surface area (Å²) in [5, 5.41) is 7.15. The normalized spacial score (nSPS) is 10.6. The van der Waals surface area contributed by atoms with Crippen LogP contribution in [-0.2, 0) is 11.4 Å². The van der Waals surface area contributed by atoms with E-state index in [4.69, 9.17) is 25.8 Å². The third-order valence-corrected chi connectivity index (χ3v) is 4.99. The number of carbonyl (C=O) groups is 2. The van der Waals surface area contributed by atoms with Gasteiger partial charge in [0.1, 0.15) is 12.4 Å². The molecule has 0 aliphatic carbocycles. The predicted octanol–water partition coefficient (Wildman–Crippen LogP) is 4.21. The molecule has 182 valence electrons. The number of hydrogen-bond donors (Lipinski definition) is 2. The van der Waals surface area contributed by atoms with Crippen LogP contribution < -0.4 is 25.0 Å². The first kappa shape index (κ1) is 25.6. The van der Waals surface area contributed by atoms with Crippen LogP contribution in [0.25, 0.3) is 0 Å². The van der Waals surface area contributed by atoms with Crippen LogP contribution in [0.2, 0.25) is 5.02 Å². The monoisotopic (exact) mass is 495 g/mol. The van der Waals surface area contributed by atoms with E-state index < -0.39 is 5.91 Å². The number of carbonyl (C=O) groups excluding carboxylic acids is 2. The van der Waals surface area contributed by atoms with Gasteiger partial charge in [0.15, 0.2) is 11.5 Å². The van der Waals surface area contributed by atoms with Crippen molar-refractivity contribution >= 4 is 29.6 Å². The quantitative estimate of drug-likeness (QED) is 0.307. The number of rotatable bonds is 11. The molecular formula is C26H26ClN3O5. The number of hydrogen-bond acceptors (Lipinski definition) is 6. The maximum absolute atomic E-state index is 12.1. The Kier molecular flexibility index (Phi) is 9.50. The van der Waals surface area contributed by atoms with Crippen molar-refractivity contribution in [2.75, 3.05) is 20.3 Å². The molecule has 3 aromatic rings. The average Bonchev–Trinajstić information content (AvgIpc) is 2.88. The molecule has 0 saturated heterocycles. The van der Waals surface area contributed by atoms with E-state index in [2.05, 4.69) is 15.8 Å². The van der Waals surface area contributed by atoms with E-state index in [1.165, 1.54) is 6.21 Å². The van der Waals surface area contributed by atoms with Gasteiger partial charge in [-0.05, 0) is 72.6 Å². The van der Waals surface area contributed by atoms with Gasteiger partial charge in [0.25, 0.3) is 11.8 Å². The molecule has 0 fully saturated rings. The Bertz CT molecular complexity index is 1160. The van der Waals surface area contributed by atoms with E-state index in [1.807, 2.05) is 31.2 Å². The molecule has 0 aromatic heterocycles. The van der Waals surface area contributed by atoms with E-state index >= 15 is 0 Å². The molecule has 0 bridgehead atoms. The lowest BCUT2D eigenvalue weighted by Crippen LogP contribution is -2.34. The van der Waals surface area contributed by atoms with Crippen LogP contribution in [0.1, 0.15) is 28.4 Å². The average molecular weight is 496 g/mol. The van der Waals surface area contributed by atoms with Gasteiger partial charge in [-0.2, -0.15) is 5.10 Å². The highest BCUT2D eigenvalue weighted by atomic mass is 35.5. The zero-order chi connectivity index (χ0) is 25.0. The van der Waals surface area contributed by atoms with Crippen molar-refractivity contribution in [3.05, 3.63) is 88.4 Å². The Morgan fingerprint density at radius 3 is 2.40 bits per heavy atom. The first-order chi connectivity index (χ1) is 17.0. The van der Waals surface area contributed by atoms with Gasteiger partial charge in [0.2, 0.25) is 0 Å². The molecular weight excluding hydrogens is 470 g/mol. The molecule has 0 heterocycles. The third-order valence-electron chi connectivity index (χ3n) is 4.74. The van der Waals surface area contributed by atoms with Crippen molar-refractivity contribution in [1.29, 1.82) is 0 Å². The number of ether oxygens (including phenoxy) is 3. The molecule has 0 spiro atoms. The highest BCUT2D eigenvalue weighted by molar-refractivity contribution is 6.30. The molecule has 3 aromatic carbocycles. The van der Waals surface area contributed by atoms with Crippen LogP contribution in [0.4, 0.5) is 0 Å². The Morgan fingerprint density at radius 1 is 0.971 bits per heavy atom. The summed E-state index contributed by atoms with van der Waals surface area (Å²) in [6.07, 6.45) is 1.48. The number of amides is 2. The molecule has 2 amide bonds. The molecule has 0 aliphatic rings. The van der Waals surface area contributed by atoms with Gasteiger partial charge in [0, 0.05) is 10.6 Å². The lowest BCUT2D eigenvalue weighted by Gasteiger charge is -2.12. The van der Waals surface area contributed by atoms with E-state index in [9.17, 15) is 9.59 Å². The minimum Gasteiger partial charge on any atom is -0.497 e. The van der Waals surface area contributed by atoms with E-state index in [1.54, 1.807) is 49.6 Å². The lowest BCUT2D eigenvalue weighted by molar-refractivity contribution is -0.120. The lowest BCUT2D eigenvalue weighted by atomic mass is 10.2. The van der Waals surface area contributed by atoms with Gasteiger partial charge >= 0.3 is 0 Å². The topological polar surface area (TPSA) is 98.2 Å². The maximum Gasteiger partial charge on any atom is 0.259 e. The van der Waals surface area contributed by atoms with Crippen LogP contribution in [0.15, 0.2) is 71.8 Å². The van der Waals surface area contributed by atoms with Crippen LogP contribution in [-0.4, -0.2) is 38.3 Å². The van der Waals surface area contributed by atoms with Gasteiger partial charge in [0.05, 0.1) is 26.5 Å². The first-order valence-corrected chi connectivity index (χ1v) is 11.2. The van der Waals surface area contributed by atoms with Crippen molar-refractivity contribution in [3.8, 4) is 17.2 Å². The highest BCUT2D eigenvalue weighted by Crippen LogP contribution is 2.29. The second-order valence-corrected chi connectivity index (χ2v) is 7.70. The minimum atomic E-state index is -0.462. The summed E-state index contributed by atoms with van der Waals surface area (Å²) in [4.78, 5) is 24.2. The fraction of sp³-hybridized carbons (Fsp3) is 0.192. The van der Waals surface area contributed by atoms with Crippen LogP contribution in [0.3, 0.4) is 0 Å². The van der Waals surface area contributed by atoms with Crippen molar-refractivity contribution in [3.63, 3.8) is 0 Å². The summed E-state index contributed by atoms with van der Waals surface area (Å²) in [7, 11) is 1.54. The predicted molar refractivity (Wildman–Crippen MR) is 134 cm³/mol. The zero-order valence-electron chi connectivity index (χ0n) is 19.4. The molecule has 3 rings (SSSR count). The van der Waals surface area contributed by atoms with Gasteiger partial charge in [-0.3, -0.25) is 9.59 Å². The number of nitrogens with zero attached hydrogens (tertiary/aromatic N) is 1. The summed E-state index contributed by atoms with van der Waals surface area (Å²) < 4.78 is 16.6. The standard InChI is InChI=1S/C26H26ClN3O5/c1-3-34-24-14-19(6-13-23(24)35-17-18-4-9-21(27)10-5-18)15-29-30-25(31)16-28-26(32)20-7-11-22(33-2)12-8-20/h4-15H,3,16-17H2,1-2H3,(H,28,32)(H,30,31)/b29-15+. The van der Waals surface area contributed by atoms with Crippen LogP contribution in [0.5, 0.6) is 17.2 Å². The fourth-order valence-corrected chi connectivity index (χ4v) is 3.08. The summed E-state index contributed by atoms with van der Waals surface area (Å²) in [5.74, 6) is 0.952. The zero-order valence-corrected chi connectivity index (χ0v) is 20.2. The third kappa shape index (κ3) is 8.04. The molecule has 0 saturated carbocycles. The smallest absolute Gasteiger partial charge is 0.259 e. The van der Waals surface area contributed by atoms with Gasteiger partial charge in [-0.25, -0.2) is 5.43 Å². The van der Waals surface area contributed by atoms with E-state index in [0.29, 0.717) is 46.6 Å². The number of nitrogens with one attached hydrogen (secondary N) is 2. The highest BCUT2D eigenvalue weighted by Gasteiger charge is 2.09. The molecule has 35 heavy (non-hydrogen) atoms. The molecule has 0 aliphatic heterocycles. The van der Waals surface area contributed by atoms with Gasteiger partial charge < -0.3 is 19.5 Å². The SMILES string of the molecule is CCOc1cc(/C=N/NC(=O)CNC(=O)c2ccc(OC)cc2)ccc1OCc1ccc(Cl)cc1. The molecule has 0 radical (unpaired) electrons. The van der Waals surface area contributed by atoms with E-state index in [0.717, 1.165) is 5.56 Å². The summed E-state index contributed by atoms with van der Waals surface area (Å²) in [6.45, 7) is 2.49. The van der Waals surface area contributed by atoms with Crippen molar-refractivity contribution in [2.45, 2.75) is 13.5 Å². The molecule has 8 nitrogen and oxygen atoms in total. The Labute approximate surface area is 208 Å². The molecule has 2 N–H and O–H groups in total. The molecule has 0 unspecified atom stereocenters. The largest absolute Gasteiger partial charge is 0.497 e. The van der Waals surface area contributed by atoms with Crippen LogP contribution >= 0.6 is 11.6 Å². The summed E-state index contributed by atoms with van der Waals surface area (Å²) in [6, 6.07) is 19.3. The number of hydrazone groups is 1. The van der Waals surface area contributed by atoms with Crippen molar-refractivity contribution in [1.82, 2.24) is 10.7 Å². The maximum atomic E-state index is 12.1. The fourth-order valence-electron chi connectivity index (χ4n) is 2.96. The molecule has 0 atom stereocenters. The van der Waals surface area contributed by atoms with Gasteiger partial charge in [-0.1, -0.05) is 23.7 Å². The van der Waals surface area contributed by atoms with Crippen molar-refractivity contribution in [2.24, 2.45) is 5.10 Å². The second kappa shape index (κ2) is 13.0. The second-order valence-electron chi connectivity index (χ2n) is 7.26. The Hall–Kier alpha value is -4.04. The minimum absolute atomic E-state index is 0.218. The Morgan fingerprint density at radius 2 is 1.71 bits per heavy atom. The molecule has 9 heteroatoms. The van der Waals surface area contributed by atoms with Gasteiger partial charge in [-0.15, -0.1) is 0 Å². The number of methoxy groups -OCH3 is 1. The van der Waals surface area contributed by atoms with Crippen LogP contribution in [0, 0.1) is 0 Å². The number of benzene rings is 3. The van der Waals surface area contributed by atoms with E-state index in [-0.39, 0.29) is 12.5 Å². The van der Waals surface area contributed by atoms with Crippen molar-refractivity contribution < 1.29 is 23.8 Å². The summed E-state index contributed by atoms with van der Waals surface area (Å²) >= 11 is 5.92. The summed E-state index contributed by atoms with van der Waals surface area (Å²) in [5.41, 5.74) is 4.49.